The first-order chi connectivity index (χ1) is 19.2. The molecule has 0 radical (unpaired) electrons. The number of hydrogen-bond donors (Lipinski definition) is 1. The van der Waals surface area contributed by atoms with Gasteiger partial charge in [0.05, 0.1) is 23.3 Å². The van der Waals surface area contributed by atoms with Gasteiger partial charge in [0.1, 0.15) is 16.9 Å². The van der Waals surface area contributed by atoms with Gasteiger partial charge in [-0.3, -0.25) is 9.52 Å². The van der Waals surface area contributed by atoms with Crippen LogP contribution in [0.4, 0.5) is 5.69 Å². The van der Waals surface area contributed by atoms with Gasteiger partial charge in [0.25, 0.3) is 15.9 Å². The summed E-state index contributed by atoms with van der Waals surface area (Å²) in [5.74, 6) is -0.748. The number of benzene rings is 3. The maximum atomic E-state index is 13.3. The molecule has 0 saturated heterocycles. The molecule has 1 saturated carbocycles. The molecule has 5 rings (SSSR count). The van der Waals surface area contributed by atoms with Crippen LogP contribution < -0.4 is 9.46 Å². The third kappa shape index (κ3) is 5.49. The molecular formula is C30H32N2O7S. The average Bonchev–Trinajstić information content (AvgIpc) is 3.33. The van der Waals surface area contributed by atoms with Crippen LogP contribution in [0.5, 0.6) is 5.75 Å². The first kappa shape index (κ1) is 27.5. The molecular weight excluding hydrogens is 532 g/mol. The van der Waals surface area contributed by atoms with E-state index >= 15 is 0 Å². The molecule has 0 bridgehead atoms. The molecule has 1 unspecified atom stereocenters. The highest BCUT2D eigenvalue weighted by Gasteiger charge is 2.28. The highest BCUT2D eigenvalue weighted by molar-refractivity contribution is 7.92. The van der Waals surface area contributed by atoms with Crippen molar-refractivity contribution >= 4 is 49.5 Å². The van der Waals surface area contributed by atoms with Crippen LogP contribution >= 0.6 is 0 Å². The summed E-state index contributed by atoms with van der Waals surface area (Å²) >= 11 is 0. The van der Waals surface area contributed by atoms with Crippen molar-refractivity contribution in [1.29, 1.82) is 0 Å². The lowest BCUT2D eigenvalue weighted by Crippen LogP contribution is -2.44. The normalized spacial score (nSPS) is 15.1. The van der Waals surface area contributed by atoms with E-state index in [4.69, 9.17) is 13.9 Å². The minimum absolute atomic E-state index is 0.0162. The fourth-order valence-corrected chi connectivity index (χ4v) is 6.31. The van der Waals surface area contributed by atoms with Gasteiger partial charge in [-0.05, 0) is 50.1 Å². The van der Waals surface area contributed by atoms with Crippen molar-refractivity contribution in [2.24, 2.45) is 0 Å². The second-order valence-corrected chi connectivity index (χ2v) is 11.8. The molecule has 4 aromatic rings. The smallest absolute Gasteiger partial charge is 0.338 e. The molecule has 10 heteroatoms. The van der Waals surface area contributed by atoms with Gasteiger partial charge in [-0.15, -0.1) is 0 Å². The molecule has 1 amide bonds. The summed E-state index contributed by atoms with van der Waals surface area (Å²) in [6.07, 6.45) is 4.18. The molecule has 0 aliphatic heterocycles. The number of carbonyl (C=O) groups excluding carboxylic acids is 2. The summed E-state index contributed by atoms with van der Waals surface area (Å²) in [7, 11) is -0.943. The van der Waals surface area contributed by atoms with Gasteiger partial charge < -0.3 is 18.8 Å². The van der Waals surface area contributed by atoms with Gasteiger partial charge in [0.2, 0.25) is 0 Å². The molecule has 1 aliphatic rings. The molecule has 1 fully saturated rings. The number of nitrogens with one attached hydrogen (secondary N) is 1. The van der Waals surface area contributed by atoms with Gasteiger partial charge in [0, 0.05) is 29.9 Å². The van der Waals surface area contributed by atoms with Crippen LogP contribution in [0.3, 0.4) is 0 Å². The molecule has 9 nitrogen and oxygen atoms in total. The average molecular weight is 565 g/mol. The number of fused-ring (bicyclic) bond motifs is 3. The number of methoxy groups -OCH3 is 1. The molecule has 1 atom stereocenters. The monoisotopic (exact) mass is 564 g/mol. The highest BCUT2D eigenvalue weighted by Crippen LogP contribution is 2.37. The number of para-hydroxylation sites is 1. The molecule has 1 aromatic heterocycles. The van der Waals surface area contributed by atoms with Crippen LogP contribution in [-0.2, 0) is 19.6 Å². The Bertz CT molecular complexity index is 1670. The van der Waals surface area contributed by atoms with Crippen LogP contribution in [0.1, 0.15) is 49.4 Å². The third-order valence-electron chi connectivity index (χ3n) is 7.42. The number of amides is 1. The number of likely N-dealkylation sites (N-methyl/N-ethyl adjacent to an activating group) is 1. The maximum absolute atomic E-state index is 13.3. The number of carbonyl (C=O) groups is 2. The third-order valence-corrected chi connectivity index (χ3v) is 8.79. The number of nitrogens with zero attached hydrogens (tertiary/aromatic N) is 1. The quantitative estimate of drug-likeness (QED) is 0.272. The summed E-state index contributed by atoms with van der Waals surface area (Å²) in [6, 6.07) is 16.4. The van der Waals surface area contributed by atoms with E-state index in [2.05, 4.69) is 4.72 Å². The first-order valence-corrected chi connectivity index (χ1v) is 14.8. The predicted octanol–water partition coefficient (Wildman–Crippen LogP) is 5.73. The number of furan rings is 1. The van der Waals surface area contributed by atoms with Crippen molar-refractivity contribution in [2.75, 3.05) is 18.9 Å². The second-order valence-electron chi connectivity index (χ2n) is 10.1. The van der Waals surface area contributed by atoms with E-state index in [0.717, 1.165) is 36.5 Å². The maximum Gasteiger partial charge on any atom is 0.338 e. The van der Waals surface area contributed by atoms with Crippen molar-refractivity contribution in [1.82, 2.24) is 4.90 Å². The summed E-state index contributed by atoms with van der Waals surface area (Å²) in [6.45, 7) is 1.53. The Hall–Kier alpha value is -4.05. The highest BCUT2D eigenvalue weighted by atomic mass is 32.2. The van der Waals surface area contributed by atoms with Crippen molar-refractivity contribution < 1.29 is 31.9 Å². The number of esters is 1. The summed E-state index contributed by atoms with van der Waals surface area (Å²) in [5.41, 5.74) is 1.37. The minimum Gasteiger partial charge on any atom is -0.495 e. The van der Waals surface area contributed by atoms with E-state index in [1.54, 1.807) is 24.1 Å². The molecule has 210 valence electrons. The summed E-state index contributed by atoms with van der Waals surface area (Å²) in [4.78, 5) is 27.3. The number of rotatable bonds is 8. The Morgan fingerprint density at radius 3 is 2.48 bits per heavy atom. The van der Waals surface area contributed by atoms with Crippen molar-refractivity contribution in [3.63, 3.8) is 0 Å². The second kappa shape index (κ2) is 11.2. The zero-order valence-corrected chi connectivity index (χ0v) is 23.5. The van der Waals surface area contributed by atoms with Gasteiger partial charge in [0.15, 0.2) is 6.10 Å². The Kier molecular flexibility index (Phi) is 7.71. The lowest BCUT2D eigenvalue weighted by molar-refractivity contribution is -0.141. The van der Waals surface area contributed by atoms with Gasteiger partial charge >= 0.3 is 5.97 Å². The van der Waals surface area contributed by atoms with Crippen LogP contribution in [0.25, 0.3) is 21.9 Å². The Balaban J connectivity index is 1.34. The van der Waals surface area contributed by atoms with Gasteiger partial charge in [-0.1, -0.05) is 43.5 Å². The Labute approximate surface area is 233 Å². The van der Waals surface area contributed by atoms with E-state index in [0.29, 0.717) is 16.9 Å². The van der Waals surface area contributed by atoms with Crippen molar-refractivity contribution in [2.45, 2.75) is 56.1 Å². The zero-order chi connectivity index (χ0) is 28.4. The molecule has 40 heavy (non-hydrogen) atoms. The fraction of sp³-hybridized carbons (Fsp3) is 0.333. The number of anilines is 1. The molecule has 1 heterocycles. The first-order valence-electron chi connectivity index (χ1n) is 13.3. The minimum atomic E-state index is -4.13. The number of hydrogen-bond acceptors (Lipinski definition) is 7. The van der Waals surface area contributed by atoms with E-state index in [1.165, 1.54) is 44.7 Å². The van der Waals surface area contributed by atoms with Crippen molar-refractivity contribution in [3.8, 4) is 5.75 Å². The lowest BCUT2D eigenvalue weighted by Gasteiger charge is -2.32. The molecule has 0 spiro atoms. The van der Waals surface area contributed by atoms with E-state index in [-0.39, 0.29) is 28.1 Å². The number of ether oxygens (including phenoxy) is 2. The standard InChI is InChI=1S/C30H32N2O7S/c1-19(29(33)32(2)21-11-5-4-6-12-21)38-30(34)20-10-9-13-22(16-20)40(35,36)31-25-18-27-24(17-28(25)37-3)23-14-7-8-15-26(23)39-27/h7-10,13-19,21,31H,4-6,11-12H2,1-3H3. The number of sulfonamides is 1. The molecule has 1 aliphatic carbocycles. The van der Waals surface area contributed by atoms with Gasteiger partial charge in [-0.2, -0.15) is 0 Å². The predicted molar refractivity (Wildman–Crippen MR) is 152 cm³/mol. The SMILES string of the molecule is COc1cc2c(cc1NS(=O)(=O)c1cccc(C(=O)OC(C)C(=O)N(C)C3CCCCC3)c1)oc1ccccc12. The van der Waals surface area contributed by atoms with Gasteiger partial charge in [-0.25, -0.2) is 13.2 Å². The topological polar surface area (TPSA) is 115 Å². The van der Waals surface area contributed by atoms with Crippen LogP contribution in [0.2, 0.25) is 0 Å². The summed E-state index contributed by atoms with van der Waals surface area (Å²) in [5, 5.41) is 1.67. The van der Waals surface area contributed by atoms with E-state index in [9.17, 15) is 18.0 Å². The fourth-order valence-electron chi connectivity index (χ4n) is 5.21. The Morgan fingerprint density at radius 1 is 0.975 bits per heavy atom. The van der Waals surface area contributed by atoms with Crippen LogP contribution in [0, 0.1) is 0 Å². The summed E-state index contributed by atoms with van der Waals surface area (Å²) < 4.78 is 46.0. The van der Waals surface area contributed by atoms with Crippen LogP contribution in [0.15, 0.2) is 70.0 Å². The van der Waals surface area contributed by atoms with Crippen LogP contribution in [-0.4, -0.2) is 51.5 Å². The van der Waals surface area contributed by atoms with Crippen molar-refractivity contribution in [3.05, 3.63) is 66.2 Å². The van der Waals surface area contributed by atoms with E-state index in [1.807, 2.05) is 24.3 Å². The lowest BCUT2D eigenvalue weighted by atomic mass is 9.94. The largest absolute Gasteiger partial charge is 0.495 e. The van der Waals surface area contributed by atoms with E-state index < -0.39 is 22.1 Å². The zero-order valence-electron chi connectivity index (χ0n) is 22.7. The Morgan fingerprint density at radius 2 is 1.73 bits per heavy atom. The molecule has 3 aromatic carbocycles. The molecule has 1 N–H and O–H groups in total.